The number of carboxylic acids is 1. The SMILES string of the molecule is CC(C)(C(=O)O)n1nnnc1-c1cc(Cl)cc(Cl)c1. The van der Waals surface area contributed by atoms with Gasteiger partial charge in [-0.05, 0) is 42.5 Å². The van der Waals surface area contributed by atoms with E-state index in [0.717, 1.165) is 0 Å². The maximum atomic E-state index is 11.3. The van der Waals surface area contributed by atoms with Gasteiger partial charge in [0.1, 0.15) is 0 Å². The van der Waals surface area contributed by atoms with Crippen molar-refractivity contribution in [3.8, 4) is 11.4 Å². The van der Waals surface area contributed by atoms with E-state index in [-0.39, 0.29) is 5.82 Å². The fourth-order valence-electron chi connectivity index (χ4n) is 1.52. The van der Waals surface area contributed by atoms with Crippen LogP contribution in [0.15, 0.2) is 18.2 Å². The predicted octanol–water partition coefficient (Wildman–Crippen LogP) is 2.47. The van der Waals surface area contributed by atoms with Gasteiger partial charge in [0, 0.05) is 15.6 Å². The summed E-state index contributed by atoms with van der Waals surface area (Å²) in [5.74, 6) is -0.758. The van der Waals surface area contributed by atoms with Gasteiger partial charge in [-0.3, -0.25) is 0 Å². The quantitative estimate of drug-likeness (QED) is 0.941. The van der Waals surface area contributed by atoms with Crippen molar-refractivity contribution >= 4 is 29.2 Å². The first-order valence-corrected chi connectivity index (χ1v) is 6.06. The summed E-state index contributed by atoms with van der Waals surface area (Å²) in [5.41, 5.74) is -0.731. The monoisotopic (exact) mass is 300 g/mol. The van der Waals surface area contributed by atoms with Gasteiger partial charge in [-0.2, -0.15) is 0 Å². The normalized spacial score (nSPS) is 11.6. The van der Waals surface area contributed by atoms with Crippen LogP contribution >= 0.6 is 23.2 Å². The van der Waals surface area contributed by atoms with E-state index in [9.17, 15) is 9.90 Å². The van der Waals surface area contributed by atoms with E-state index in [4.69, 9.17) is 23.2 Å². The highest BCUT2D eigenvalue weighted by Crippen LogP contribution is 2.28. The molecule has 0 aliphatic carbocycles. The summed E-state index contributed by atoms with van der Waals surface area (Å²) in [7, 11) is 0. The molecule has 0 atom stereocenters. The first kappa shape index (κ1) is 13.8. The van der Waals surface area contributed by atoms with Crippen molar-refractivity contribution in [1.82, 2.24) is 20.2 Å². The molecule has 1 aromatic heterocycles. The van der Waals surface area contributed by atoms with Gasteiger partial charge in [0.05, 0.1) is 0 Å². The highest BCUT2D eigenvalue weighted by atomic mass is 35.5. The summed E-state index contributed by atoms with van der Waals surface area (Å²) in [6.45, 7) is 3.00. The Labute approximate surface area is 118 Å². The lowest BCUT2D eigenvalue weighted by molar-refractivity contribution is -0.146. The molecular weight excluding hydrogens is 291 g/mol. The molecule has 1 heterocycles. The van der Waals surface area contributed by atoms with E-state index in [1.807, 2.05) is 0 Å². The molecule has 6 nitrogen and oxygen atoms in total. The highest BCUT2D eigenvalue weighted by molar-refractivity contribution is 6.35. The molecule has 0 aliphatic rings. The van der Waals surface area contributed by atoms with Crippen LogP contribution in [-0.4, -0.2) is 31.3 Å². The number of nitrogens with zero attached hydrogens (tertiary/aromatic N) is 4. The van der Waals surface area contributed by atoms with Crippen molar-refractivity contribution in [3.63, 3.8) is 0 Å². The van der Waals surface area contributed by atoms with Gasteiger partial charge in [0.15, 0.2) is 11.4 Å². The van der Waals surface area contributed by atoms with Crippen LogP contribution in [0.4, 0.5) is 0 Å². The standard InChI is InChI=1S/C11H10Cl2N4O2/c1-11(2,10(18)19)17-9(14-15-16-17)6-3-7(12)5-8(13)4-6/h3-5H,1-2H3,(H,18,19). The molecule has 19 heavy (non-hydrogen) atoms. The first-order valence-electron chi connectivity index (χ1n) is 5.31. The smallest absolute Gasteiger partial charge is 0.331 e. The summed E-state index contributed by atoms with van der Waals surface area (Å²) in [4.78, 5) is 11.3. The van der Waals surface area contributed by atoms with E-state index in [2.05, 4.69) is 15.5 Å². The summed E-state index contributed by atoms with van der Waals surface area (Å²) in [6.07, 6.45) is 0. The van der Waals surface area contributed by atoms with Crippen molar-refractivity contribution < 1.29 is 9.90 Å². The molecule has 0 saturated carbocycles. The fourth-order valence-corrected chi connectivity index (χ4v) is 2.04. The fraction of sp³-hybridized carbons (Fsp3) is 0.273. The number of carboxylic acid groups (broad SMARTS) is 1. The van der Waals surface area contributed by atoms with Crippen LogP contribution < -0.4 is 0 Å². The first-order chi connectivity index (χ1) is 8.82. The molecule has 0 radical (unpaired) electrons. The summed E-state index contributed by atoms with van der Waals surface area (Å²) in [5, 5.41) is 21.2. The van der Waals surface area contributed by atoms with E-state index in [1.165, 1.54) is 18.5 Å². The van der Waals surface area contributed by atoms with Crippen molar-refractivity contribution in [2.75, 3.05) is 0 Å². The molecule has 0 fully saturated rings. The van der Waals surface area contributed by atoms with Gasteiger partial charge in [-0.1, -0.05) is 23.2 Å². The topological polar surface area (TPSA) is 80.9 Å². The molecular formula is C11H10Cl2N4O2. The van der Waals surface area contributed by atoms with Gasteiger partial charge in [-0.25, -0.2) is 9.48 Å². The number of benzene rings is 1. The molecule has 0 amide bonds. The molecule has 0 bridgehead atoms. The average molecular weight is 301 g/mol. The largest absolute Gasteiger partial charge is 0.479 e. The Morgan fingerprint density at radius 3 is 2.37 bits per heavy atom. The Morgan fingerprint density at radius 2 is 1.84 bits per heavy atom. The number of halogens is 2. The summed E-state index contributed by atoms with van der Waals surface area (Å²) < 4.78 is 1.22. The van der Waals surface area contributed by atoms with Gasteiger partial charge < -0.3 is 5.11 Å². The number of rotatable bonds is 3. The maximum Gasteiger partial charge on any atom is 0.331 e. The number of tetrazole rings is 1. The zero-order valence-corrected chi connectivity index (χ0v) is 11.6. The number of hydrogen-bond donors (Lipinski definition) is 1. The van der Waals surface area contributed by atoms with Crippen LogP contribution in [0, 0.1) is 0 Å². The van der Waals surface area contributed by atoms with Crippen molar-refractivity contribution in [2.24, 2.45) is 0 Å². The average Bonchev–Trinajstić information content (AvgIpc) is 2.76. The minimum atomic E-state index is -1.28. The van der Waals surface area contributed by atoms with E-state index in [0.29, 0.717) is 15.6 Å². The summed E-state index contributed by atoms with van der Waals surface area (Å²) >= 11 is 11.8. The van der Waals surface area contributed by atoms with Gasteiger partial charge in [0.2, 0.25) is 0 Å². The minimum absolute atomic E-state index is 0.289. The molecule has 8 heteroatoms. The van der Waals surface area contributed by atoms with Crippen molar-refractivity contribution in [1.29, 1.82) is 0 Å². The zero-order chi connectivity index (χ0) is 14.2. The van der Waals surface area contributed by atoms with Gasteiger partial charge >= 0.3 is 5.97 Å². The van der Waals surface area contributed by atoms with Crippen LogP contribution in [-0.2, 0) is 10.3 Å². The van der Waals surface area contributed by atoms with E-state index in [1.54, 1.807) is 18.2 Å². The molecule has 0 spiro atoms. The van der Waals surface area contributed by atoms with Gasteiger partial charge in [0.25, 0.3) is 0 Å². The lowest BCUT2D eigenvalue weighted by Gasteiger charge is -2.20. The van der Waals surface area contributed by atoms with Crippen LogP contribution in [0.25, 0.3) is 11.4 Å². The molecule has 0 aliphatic heterocycles. The lowest BCUT2D eigenvalue weighted by atomic mass is 10.1. The zero-order valence-electron chi connectivity index (χ0n) is 10.1. The Bertz CT molecular complexity index is 619. The van der Waals surface area contributed by atoms with Crippen LogP contribution in [0.2, 0.25) is 10.0 Å². The predicted molar refractivity (Wildman–Crippen MR) is 70.2 cm³/mol. The Kier molecular flexibility index (Phi) is 3.47. The van der Waals surface area contributed by atoms with Crippen molar-refractivity contribution in [2.45, 2.75) is 19.4 Å². The molecule has 2 aromatic rings. The van der Waals surface area contributed by atoms with Crippen LogP contribution in [0.3, 0.4) is 0 Å². The molecule has 2 rings (SSSR count). The van der Waals surface area contributed by atoms with E-state index < -0.39 is 11.5 Å². The maximum absolute atomic E-state index is 11.3. The highest BCUT2D eigenvalue weighted by Gasteiger charge is 2.33. The molecule has 0 saturated heterocycles. The second-order valence-electron chi connectivity index (χ2n) is 4.44. The number of aliphatic carboxylic acids is 1. The Hall–Kier alpha value is -1.66. The third kappa shape index (κ3) is 2.54. The molecule has 1 aromatic carbocycles. The number of carbonyl (C=O) groups is 1. The van der Waals surface area contributed by atoms with Crippen LogP contribution in [0.5, 0.6) is 0 Å². The Balaban J connectivity index is 2.59. The third-order valence-electron chi connectivity index (χ3n) is 2.64. The second-order valence-corrected chi connectivity index (χ2v) is 5.31. The van der Waals surface area contributed by atoms with Crippen LogP contribution in [0.1, 0.15) is 13.8 Å². The van der Waals surface area contributed by atoms with Gasteiger partial charge in [-0.15, -0.1) is 5.10 Å². The molecule has 0 unspecified atom stereocenters. The van der Waals surface area contributed by atoms with E-state index >= 15 is 0 Å². The second kappa shape index (κ2) is 4.79. The summed E-state index contributed by atoms with van der Waals surface area (Å²) in [6, 6.07) is 4.81. The Morgan fingerprint density at radius 1 is 1.26 bits per heavy atom. The van der Waals surface area contributed by atoms with Crippen molar-refractivity contribution in [3.05, 3.63) is 28.2 Å². The molecule has 100 valence electrons. The minimum Gasteiger partial charge on any atom is -0.479 e. The number of hydrogen-bond acceptors (Lipinski definition) is 4. The lowest BCUT2D eigenvalue weighted by Crippen LogP contribution is -2.37. The third-order valence-corrected chi connectivity index (χ3v) is 3.08. The number of aromatic nitrogens is 4. The molecule has 1 N–H and O–H groups in total.